The molecule has 1 aromatic heterocycles. The van der Waals surface area contributed by atoms with Gasteiger partial charge in [-0.05, 0) is 49.7 Å². The van der Waals surface area contributed by atoms with Crippen molar-refractivity contribution in [3.63, 3.8) is 0 Å². The van der Waals surface area contributed by atoms with Gasteiger partial charge in [0, 0.05) is 5.56 Å². The summed E-state index contributed by atoms with van der Waals surface area (Å²) in [7, 11) is 0. The summed E-state index contributed by atoms with van der Waals surface area (Å²) in [5, 5.41) is 6.95. The molecule has 3 rings (SSSR count). The smallest absolute Gasteiger partial charge is 0.422 e. The molecule has 0 aliphatic heterocycles. The van der Waals surface area contributed by atoms with Crippen LogP contribution in [0, 0.1) is 13.8 Å². The maximum absolute atomic E-state index is 13.0. The van der Waals surface area contributed by atoms with Gasteiger partial charge in [0.15, 0.2) is 6.61 Å². The first-order valence-corrected chi connectivity index (χ1v) is 9.64. The molecule has 1 N–H and O–H groups in total. The lowest BCUT2D eigenvalue weighted by Crippen LogP contribution is -2.19. The summed E-state index contributed by atoms with van der Waals surface area (Å²) in [6, 6.07) is 10.1. The van der Waals surface area contributed by atoms with Crippen molar-refractivity contribution in [1.82, 2.24) is 9.78 Å². The molecule has 3 aromatic rings. The Morgan fingerprint density at radius 3 is 2.39 bits per heavy atom. The number of nitrogens with one attached hydrogen (secondary N) is 1. The van der Waals surface area contributed by atoms with E-state index in [9.17, 15) is 31.1 Å². The molecule has 33 heavy (non-hydrogen) atoms. The van der Waals surface area contributed by atoms with Crippen molar-refractivity contribution < 1.29 is 35.9 Å². The van der Waals surface area contributed by atoms with Crippen molar-refractivity contribution in [2.45, 2.75) is 32.7 Å². The summed E-state index contributed by atoms with van der Waals surface area (Å²) in [5.74, 6) is -0.717. The molecule has 1 amide bonds. The molecule has 0 saturated carbocycles. The van der Waals surface area contributed by atoms with Crippen molar-refractivity contribution in [2.75, 3.05) is 11.9 Å². The zero-order valence-electron chi connectivity index (χ0n) is 17.5. The third-order valence-corrected chi connectivity index (χ3v) is 4.71. The number of hydrogen-bond donors (Lipinski definition) is 1. The summed E-state index contributed by atoms with van der Waals surface area (Å²) in [5.41, 5.74) is 0.957. The first kappa shape index (κ1) is 24.1. The SMILES string of the molecule is Cc1nn(Cc2cccc(C(F)(F)F)c2)c(C)c1NC(=O)c1cccc(OCC(F)(F)F)c1. The lowest BCUT2D eigenvalue weighted by atomic mass is 10.1. The summed E-state index contributed by atoms with van der Waals surface area (Å²) in [6.07, 6.45) is -8.98. The Morgan fingerprint density at radius 2 is 1.73 bits per heavy atom. The molecule has 11 heteroatoms. The van der Waals surface area contributed by atoms with Gasteiger partial charge in [0.25, 0.3) is 5.91 Å². The molecule has 0 aliphatic rings. The van der Waals surface area contributed by atoms with Gasteiger partial charge in [0.1, 0.15) is 5.75 Å². The average molecular weight is 471 g/mol. The predicted octanol–water partition coefficient (Wildman–Crippen LogP) is 5.76. The predicted molar refractivity (Wildman–Crippen MR) is 108 cm³/mol. The lowest BCUT2D eigenvalue weighted by Gasteiger charge is -2.11. The molecule has 5 nitrogen and oxygen atoms in total. The van der Waals surface area contributed by atoms with Crippen molar-refractivity contribution in [3.8, 4) is 5.75 Å². The minimum absolute atomic E-state index is 0.0488. The van der Waals surface area contributed by atoms with Crippen molar-refractivity contribution >= 4 is 11.6 Å². The highest BCUT2D eigenvalue weighted by molar-refractivity contribution is 6.05. The van der Waals surface area contributed by atoms with E-state index in [1.165, 1.54) is 41.1 Å². The summed E-state index contributed by atoms with van der Waals surface area (Å²) >= 11 is 0. The molecule has 0 saturated heterocycles. The van der Waals surface area contributed by atoms with Gasteiger partial charge in [-0.2, -0.15) is 31.4 Å². The number of carbonyl (C=O) groups is 1. The highest BCUT2D eigenvalue weighted by Gasteiger charge is 2.30. The Labute approximate surface area is 185 Å². The van der Waals surface area contributed by atoms with Crippen LogP contribution in [-0.4, -0.2) is 28.5 Å². The van der Waals surface area contributed by atoms with Crippen LogP contribution in [0.2, 0.25) is 0 Å². The quantitative estimate of drug-likeness (QED) is 0.465. The maximum Gasteiger partial charge on any atom is 0.422 e. The first-order valence-electron chi connectivity index (χ1n) is 9.64. The number of hydrogen-bond acceptors (Lipinski definition) is 3. The van der Waals surface area contributed by atoms with E-state index in [2.05, 4.69) is 15.2 Å². The maximum atomic E-state index is 13.0. The van der Waals surface area contributed by atoms with E-state index in [-0.39, 0.29) is 17.9 Å². The molecular formula is C22H19F6N3O2. The fraction of sp³-hybridized carbons (Fsp3) is 0.273. The van der Waals surface area contributed by atoms with Crippen LogP contribution in [0.1, 0.15) is 32.9 Å². The van der Waals surface area contributed by atoms with Crippen molar-refractivity contribution in [2.24, 2.45) is 0 Å². The number of anilines is 1. The standard InChI is InChI=1S/C22H19F6N3O2/c1-13-19(29-20(32)16-6-4-8-18(10-16)33-12-21(23,24)25)14(2)31(30-13)11-15-5-3-7-17(9-15)22(26,27)28/h3-10H,11-12H2,1-2H3,(H,29,32). The van der Waals surface area contributed by atoms with E-state index in [1.54, 1.807) is 13.8 Å². The Bertz CT molecular complexity index is 1150. The highest BCUT2D eigenvalue weighted by atomic mass is 19.4. The lowest BCUT2D eigenvalue weighted by molar-refractivity contribution is -0.153. The molecule has 0 atom stereocenters. The molecular weight excluding hydrogens is 452 g/mol. The second-order valence-electron chi connectivity index (χ2n) is 7.29. The van der Waals surface area contributed by atoms with Gasteiger partial charge in [-0.15, -0.1) is 0 Å². The third-order valence-electron chi connectivity index (χ3n) is 4.71. The third kappa shape index (κ3) is 6.27. The van der Waals surface area contributed by atoms with Gasteiger partial charge in [0.2, 0.25) is 0 Å². The van der Waals surface area contributed by atoms with Crippen LogP contribution in [0.25, 0.3) is 0 Å². The van der Waals surface area contributed by atoms with Crippen LogP contribution in [-0.2, 0) is 12.7 Å². The second kappa shape index (κ2) is 9.16. The van der Waals surface area contributed by atoms with E-state index < -0.39 is 30.4 Å². The zero-order valence-corrected chi connectivity index (χ0v) is 17.5. The minimum atomic E-state index is -4.51. The molecule has 0 unspecified atom stereocenters. The van der Waals surface area contributed by atoms with Crippen LogP contribution in [0.3, 0.4) is 0 Å². The van der Waals surface area contributed by atoms with E-state index in [4.69, 9.17) is 0 Å². The fourth-order valence-electron chi connectivity index (χ4n) is 3.13. The summed E-state index contributed by atoms with van der Waals surface area (Å²) in [4.78, 5) is 12.6. The number of alkyl halides is 6. The van der Waals surface area contributed by atoms with Crippen molar-refractivity contribution in [3.05, 3.63) is 76.6 Å². The van der Waals surface area contributed by atoms with Crippen LogP contribution >= 0.6 is 0 Å². The van der Waals surface area contributed by atoms with E-state index in [0.717, 1.165) is 12.1 Å². The van der Waals surface area contributed by atoms with Crippen LogP contribution < -0.4 is 10.1 Å². The number of nitrogens with zero attached hydrogens (tertiary/aromatic N) is 2. The largest absolute Gasteiger partial charge is 0.484 e. The molecule has 1 heterocycles. The Kier molecular flexibility index (Phi) is 6.71. The zero-order chi connectivity index (χ0) is 24.4. The molecule has 2 aromatic carbocycles. The van der Waals surface area contributed by atoms with Crippen molar-refractivity contribution in [1.29, 1.82) is 0 Å². The normalized spacial score (nSPS) is 12.0. The molecule has 0 spiro atoms. The second-order valence-corrected chi connectivity index (χ2v) is 7.29. The van der Waals surface area contributed by atoms with Crippen LogP contribution in [0.15, 0.2) is 48.5 Å². The number of amides is 1. The van der Waals surface area contributed by atoms with Gasteiger partial charge >= 0.3 is 12.4 Å². The molecule has 0 fully saturated rings. The fourth-order valence-corrected chi connectivity index (χ4v) is 3.13. The van der Waals surface area contributed by atoms with E-state index in [1.807, 2.05) is 0 Å². The molecule has 0 radical (unpaired) electrons. The Morgan fingerprint density at radius 1 is 1.03 bits per heavy atom. The number of halogens is 6. The number of benzene rings is 2. The van der Waals surface area contributed by atoms with E-state index >= 15 is 0 Å². The summed E-state index contributed by atoms with van der Waals surface area (Å²) in [6.45, 7) is 1.83. The number of carbonyl (C=O) groups excluding carboxylic acids is 1. The van der Waals surface area contributed by atoms with Gasteiger partial charge in [-0.3, -0.25) is 9.48 Å². The number of aromatic nitrogens is 2. The molecule has 0 bridgehead atoms. The minimum Gasteiger partial charge on any atom is -0.484 e. The van der Waals surface area contributed by atoms with E-state index in [0.29, 0.717) is 22.6 Å². The summed E-state index contributed by atoms with van der Waals surface area (Å²) < 4.78 is 82.0. The highest BCUT2D eigenvalue weighted by Crippen LogP contribution is 2.30. The number of aryl methyl sites for hydroxylation is 1. The van der Waals surface area contributed by atoms with Gasteiger partial charge in [-0.1, -0.05) is 18.2 Å². The Hall–Kier alpha value is -3.50. The first-order chi connectivity index (χ1) is 15.3. The number of rotatable bonds is 6. The molecule has 0 aliphatic carbocycles. The van der Waals surface area contributed by atoms with Crippen LogP contribution in [0.4, 0.5) is 32.0 Å². The monoisotopic (exact) mass is 471 g/mol. The molecule has 176 valence electrons. The Balaban J connectivity index is 1.76. The average Bonchev–Trinajstić information content (AvgIpc) is 2.99. The van der Waals surface area contributed by atoms with Crippen LogP contribution in [0.5, 0.6) is 5.75 Å². The number of ether oxygens (including phenoxy) is 1. The van der Waals surface area contributed by atoms with Gasteiger partial charge in [0.05, 0.1) is 29.2 Å². The van der Waals surface area contributed by atoms with Gasteiger partial charge in [-0.25, -0.2) is 0 Å². The van der Waals surface area contributed by atoms with Gasteiger partial charge < -0.3 is 10.1 Å². The topological polar surface area (TPSA) is 56.2 Å².